The molecule has 0 spiro atoms. The normalized spacial score (nSPS) is 9.65. The van der Waals surface area contributed by atoms with E-state index in [-0.39, 0.29) is 24.6 Å². The molecular formula is C11H13N3O3. The first-order chi connectivity index (χ1) is 7.99. The zero-order valence-electron chi connectivity index (χ0n) is 9.06. The third-order valence-electron chi connectivity index (χ3n) is 2.05. The van der Waals surface area contributed by atoms with E-state index >= 15 is 0 Å². The van der Waals surface area contributed by atoms with Gasteiger partial charge in [0, 0.05) is 17.7 Å². The number of carboxylic acids is 1. The van der Waals surface area contributed by atoms with Crippen LogP contribution in [0.4, 0.5) is 5.69 Å². The van der Waals surface area contributed by atoms with Crippen molar-refractivity contribution in [3.63, 3.8) is 0 Å². The minimum Gasteiger partial charge on any atom is -0.481 e. The zero-order valence-corrected chi connectivity index (χ0v) is 9.06. The van der Waals surface area contributed by atoms with Gasteiger partial charge in [0.1, 0.15) is 5.84 Å². The van der Waals surface area contributed by atoms with Crippen LogP contribution in [0, 0.1) is 5.41 Å². The average Bonchev–Trinajstić information content (AvgIpc) is 2.27. The molecule has 90 valence electrons. The molecule has 6 nitrogen and oxygen atoms in total. The van der Waals surface area contributed by atoms with E-state index in [2.05, 4.69) is 5.32 Å². The van der Waals surface area contributed by atoms with E-state index in [1.54, 1.807) is 24.3 Å². The fraction of sp³-hybridized carbons (Fsp3) is 0.182. The lowest BCUT2D eigenvalue weighted by molar-refractivity contribution is -0.138. The van der Waals surface area contributed by atoms with Crippen molar-refractivity contribution in [3.8, 4) is 0 Å². The van der Waals surface area contributed by atoms with Gasteiger partial charge < -0.3 is 16.2 Å². The van der Waals surface area contributed by atoms with Gasteiger partial charge in [0.15, 0.2) is 0 Å². The van der Waals surface area contributed by atoms with E-state index in [1.807, 2.05) is 0 Å². The Morgan fingerprint density at radius 1 is 1.24 bits per heavy atom. The second-order valence-electron chi connectivity index (χ2n) is 3.43. The van der Waals surface area contributed by atoms with Gasteiger partial charge in [-0.15, -0.1) is 0 Å². The maximum atomic E-state index is 11.3. The molecule has 0 aliphatic carbocycles. The molecule has 0 atom stereocenters. The summed E-state index contributed by atoms with van der Waals surface area (Å²) >= 11 is 0. The lowest BCUT2D eigenvalue weighted by atomic mass is 10.2. The van der Waals surface area contributed by atoms with Crippen molar-refractivity contribution in [1.82, 2.24) is 0 Å². The molecule has 0 aliphatic heterocycles. The number of nitrogens with one attached hydrogen (secondary N) is 2. The molecule has 0 bridgehead atoms. The summed E-state index contributed by atoms with van der Waals surface area (Å²) in [5, 5.41) is 18.1. The number of carboxylic acid groups (broad SMARTS) is 1. The quantitative estimate of drug-likeness (QED) is 0.445. The first-order valence-corrected chi connectivity index (χ1v) is 4.95. The van der Waals surface area contributed by atoms with E-state index in [1.165, 1.54) is 0 Å². The lowest BCUT2D eigenvalue weighted by Crippen LogP contribution is -2.14. The van der Waals surface area contributed by atoms with Crippen molar-refractivity contribution >= 4 is 23.4 Å². The van der Waals surface area contributed by atoms with Crippen LogP contribution in [-0.4, -0.2) is 22.8 Å². The lowest BCUT2D eigenvalue weighted by Gasteiger charge is -2.05. The van der Waals surface area contributed by atoms with Gasteiger partial charge in [-0.2, -0.15) is 0 Å². The Bertz CT molecular complexity index is 440. The number of nitrogen functional groups attached to an aromatic ring is 1. The Balaban J connectivity index is 2.54. The molecule has 17 heavy (non-hydrogen) atoms. The molecule has 0 heterocycles. The van der Waals surface area contributed by atoms with Gasteiger partial charge in [-0.1, -0.05) is 0 Å². The van der Waals surface area contributed by atoms with Gasteiger partial charge in [-0.3, -0.25) is 15.0 Å². The van der Waals surface area contributed by atoms with Crippen LogP contribution in [-0.2, 0) is 9.59 Å². The van der Waals surface area contributed by atoms with Crippen LogP contribution < -0.4 is 11.1 Å². The van der Waals surface area contributed by atoms with Crippen LogP contribution >= 0.6 is 0 Å². The van der Waals surface area contributed by atoms with Crippen LogP contribution in [0.25, 0.3) is 0 Å². The minimum absolute atomic E-state index is 0.0475. The summed E-state index contributed by atoms with van der Waals surface area (Å²) in [7, 11) is 0. The molecule has 0 fully saturated rings. The number of benzene rings is 1. The van der Waals surface area contributed by atoms with Gasteiger partial charge in [0.2, 0.25) is 5.91 Å². The Morgan fingerprint density at radius 3 is 2.29 bits per heavy atom. The second-order valence-corrected chi connectivity index (χ2v) is 3.43. The molecule has 1 aromatic rings. The van der Waals surface area contributed by atoms with Crippen LogP contribution in [0.1, 0.15) is 18.4 Å². The highest BCUT2D eigenvalue weighted by Gasteiger charge is 2.05. The van der Waals surface area contributed by atoms with Crippen molar-refractivity contribution < 1.29 is 14.7 Å². The minimum atomic E-state index is -1.01. The molecule has 1 aromatic carbocycles. The fourth-order valence-corrected chi connectivity index (χ4v) is 1.18. The number of aliphatic carboxylic acids is 1. The van der Waals surface area contributed by atoms with Gasteiger partial charge in [0.25, 0.3) is 0 Å². The molecule has 5 N–H and O–H groups in total. The highest BCUT2D eigenvalue weighted by Crippen LogP contribution is 2.09. The number of amidine groups is 1. The van der Waals surface area contributed by atoms with Gasteiger partial charge in [0.05, 0.1) is 6.42 Å². The smallest absolute Gasteiger partial charge is 0.303 e. The molecule has 6 heteroatoms. The number of hydrogen-bond acceptors (Lipinski definition) is 3. The third-order valence-corrected chi connectivity index (χ3v) is 2.05. The number of amides is 1. The number of carbonyl (C=O) groups is 2. The Morgan fingerprint density at radius 2 is 1.82 bits per heavy atom. The molecule has 0 aliphatic rings. The molecule has 0 radical (unpaired) electrons. The monoisotopic (exact) mass is 235 g/mol. The summed E-state index contributed by atoms with van der Waals surface area (Å²) in [6, 6.07) is 6.43. The predicted octanol–water partition coefficient (Wildman–Crippen LogP) is 0.774. The summed E-state index contributed by atoms with van der Waals surface area (Å²) < 4.78 is 0. The summed E-state index contributed by atoms with van der Waals surface area (Å²) in [6.07, 6.45) is -0.263. The van der Waals surface area contributed by atoms with E-state index in [9.17, 15) is 9.59 Å². The molecule has 1 rings (SSSR count). The van der Waals surface area contributed by atoms with E-state index < -0.39 is 5.97 Å². The number of nitrogens with two attached hydrogens (primary N) is 1. The first kappa shape index (κ1) is 12.7. The van der Waals surface area contributed by atoms with Crippen molar-refractivity contribution in [2.45, 2.75) is 12.8 Å². The number of rotatable bonds is 5. The summed E-state index contributed by atoms with van der Waals surface area (Å²) in [4.78, 5) is 21.6. The Kier molecular flexibility index (Phi) is 4.21. The molecule has 0 saturated carbocycles. The van der Waals surface area contributed by atoms with E-state index in [4.69, 9.17) is 16.2 Å². The molecule has 0 saturated heterocycles. The standard InChI is InChI=1S/C11H13N3O3/c12-11(13)7-1-3-8(4-2-7)14-9(15)5-6-10(16)17/h1-4H,5-6H2,(H3,12,13)(H,14,15)(H,16,17). The summed E-state index contributed by atoms with van der Waals surface area (Å²) in [5.41, 5.74) is 6.39. The molecule has 0 unspecified atom stereocenters. The largest absolute Gasteiger partial charge is 0.481 e. The van der Waals surface area contributed by atoms with Crippen LogP contribution in [0.2, 0.25) is 0 Å². The highest BCUT2D eigenvalue weighted by atomic mass is 16.4. The maximum absolute atomic E-state index is 11.3. The van der Waals surface area contributed by atoms with Gasteiger partial charge >= 0.3 is 5.97 Å². The fourth-order valence-electron chi connectivity index (χ4n) is 1.18. The van der Waals surface area contributed by atoms with Crippen molar-refractivity contribution in [3.05, 3.63) is 29.8 Å². The van der Waals surface area contributed by atoms with Crippen molar-refractivity contribution in [2.75, 3.05) is 5.32 Å². The predicted molar refractivity (Wildman–Crippen MR) is 63.0 cm³/mol. The first-order valence-electron chi connectivity index (χ1n) is 4.95. The highest BCUT2D eigenvalue weighted by molar-refractivity contribution is 5.96. The summed E-state index contributed by atoms with van der Waals surface area (Å²) in [5.74, 6) is -1.41. The maximum Gasteiger partial charge on any atom is 0.303 e. The van der Waals surface area contributed by atoms with E-state index in [0.717, 1.165) is 0 Å². The van der Waals surface area contributed by atoms with Gasteiger partial charge in [-0.05, 0) is 24.3 Å². The van der Waals surface area contributed by atoms with Gasteiger partial charge in [-0.25, -0.2) is 0 Å². The number of hydrogen-bond donors (Lipinski definition) is 4. The topological polar surface area (TPSA) is 116 Å². The Hall–Kier alpha value is -2.37. The summed E-state index contributed by atoms with van der Waals surface area (Å²) in [6.45, 7) is 0. The average molecular weight is 235 g/mol. The van der Waals surface area contributed by atoms with Crippen LogP contribution in [0.3, 0.4) is 0 Å². The van der Waals surface area contributed by atoms with E-state index in [0.29, 0.717) is 11.3 Å². The molecule has 0 aromatic heterocycles. The third kappa shape index (κ3) is 4.33. The number of carbonyl (C=O) groups excluding carboxylic acids is 1. The van der Waals surface area contributed by atoms with Crippen molar-refractivity contribution in [1.29, 1.82) is 5.41 Å². The van der Waals surface area contributed by atoms with Crippen LogP contribution in [0.5, 0.6) is 0 Å². The van der Waals surface area contributed by atoms with Crippen LogP contribution in [0.15, 0.2) is 24.3 Å². The number of anilines is 1. The van der Waals surface area contributed by atoms with Crippen molar-refractivity contribution in [2.24, 2.45) is 5.73 Å². The SMILES string of the molecule is N=C(N)c1ccc(NC(=O)CCC(=O)O)cc1. The molecule has 1 amide bonds. The Labute approximate surface area is 97.9 Å². The zero-order chi connectivity index (χ0) is 12.8. The molecular weight excluding hydrogens is 222 g/mol. The second kappa shape index (κ2) is 5.64.